The molecule has 92 valence electrons. The Morgan fingerprint density at radius 2 is 1.72 bits per heavy atom. The normalized spacial score (nSPS) is 10.3. The van der Waals surface area contributed by atoms with Crippen LogP contribution in [-0.2, 0) is 11.2 Å². The molecule has 2 heteroatoms. The predicted molar refractivity (Wildman–Crippen MR) is 72.7 cm³/mol. The highest BCUT2D eigenvalue weighted by Gasteiger charge is 2.10. The van der Waals surface area contributed by atoms with Crippen molar-refractivity contribution in [1.82, 2.24) is 0 Å². The largest absolute Gasteiger partial charge is 0.481 e. The highest BCUT2D eigenvalue weighted by Crippen LogP contribution is 2.26. The zero-order valence-electron chi connectivity index (χ0n) is 10.6. The maximum absolute atomic E-state index is 11.0. The summed E-state index contributed by atoms with van der Waals surface area (Å²) in [6.07, 6.45) is 0.0654. The van der Waals surface area contributed by atoms with Gasteiger partial charge in [-0.25, -0.2) is 0 Å². The predicted octanol–water partition coefficient (Wildman–Crippen LogP) is 3.60. The monoisotopic (exact) mass is 240 g/mol. The van der Waals surface area contributed by atoms with Crippen molar-refractivity contribution in [1.29, 1.82) is 0 Å². The van der Waals surface area contributed by atoms with Gasteiger partial charge in [0.15, 0.2) is 0 Å². The number of carboxylic acid groups (broad SMARTS) is 1. The molecule has 0 bridgehead atoms. The fraction of sp³-hybridized carbons (Fsp3) is 0.188. The summed E-state index contributed by atoms with van der Waals surface area (Å²) in [4.78, 5) is 11.0. The molecule has 0 fully saturated rings. The van der Waals surface area contributed by atoms with E-state index in [1.807, 2.05) is 56.3 Å². The van der Waals surface area contributed by atoms with Crippen molar-refractivity contribution in [2.75, 3.05) is 0 Å². The SMILES string of the molecule is Cc1ccc(-c2cccc(C)c2CC(=O)O)cc1. The van der Waals surface area contributed by atoms with Crippen LogP contribution in [0.15, 0.2) is 42.5 Å². The second-order valence-corrected chi connectivity index (χ2v) is 4.54. The van der Waals surface area contributed by atoms with Crippen molar-refractivity contribution in [3.63, 3.8) is 0 Å². The Kier molecular flexibility index (Phi) is 3.47. The van der Waals surface area contributed by atoms with Gasteiger partial charge in [-0.3, -0.25) is 4.79 Å². The number of carboxylic acids is 1. The second kappa shape index (κ2) is 5.05. The molecule has 0 aliphatic heterocycles. The lowest BCUT2D eigenvalue weighted by atomic mass is 9.93. The lowest BCUT2D eigenvalue weighted by Crippen LogP contribution is -2.04. The van der Waals surface area contributed by atoms with Gasteiger partial charge in [0, 0.05) is 0 Å². The average Bonchev–Trinajstić information content (AvgIpc) is 2.32. The molecule has 0 heterocycles. The Hall–Kier alpha value is -2.09. The maximum Gasteiger partial charge on any atom is 0.307 e. The van der Waals surface area contributed by atoms with E-state index in [2.05, 4.69) is 0 Å². The van der Waals surface area contributed by atoms with E-state index in [0.29, 0.717) is 0 Å². The summed E-state index contributed by atoms with van der Waals surface area (Å²) in [5, 5.41) is 9.01. The van der Waals surface area contributed by atoms with Crippen LogP contribution in [0.5, 0.6) is 0 Å². The van der Waals surface area contributed by atoms with Crippen LogP contribution in [0.4, 0.5) is 0 Å². The fourth-order valence-electron chi connectivity index (χ4n) is 2.09. The van der Waals surface area contributed by atoms with Gasteiger partial charge >= 0.3 is 5.97 Å². The zero-order valence-corrected chi connectivity index (χ0v) is 10.6. The molecule has 2 aromatic carbocycles. The fourth-order valence-corrected chi connectivity index (χ4v) is 2.09. The Morgan fingerprint density at radius 1 is 1.06 bits per heavy atom. The molecule has 2 nitrogen and oxygen atoms in total. The number of benzene rings is 2. The average molecular weight is 240 g/mol. The van der Waals surface area contributed by atoms with E-state index in [1.54, 1.807) is 0 Å². The van der Waals surface area contributed by atoms with E-state index in [0.717, 1.165) is 22.3 Å². The third-order valence-electron chi connectivity index (χ3n) is 3.10. The van der Waals surface area contributed by atoms with Crippen LogP contribution in [0.3, 0.4) is 0 Å². The first kappa shape index (κ1) is 12.4. The summed E-state index contributed by atoms with van der Waals surface area (Å²) in [6.45, 7) is 3.99. The molecular weight excluding hydrogens is 224 g/mol. The van der Waals surface area contributed by atoms with E-state index < -0.39 is 5.97 Å². The summed E-state index contributed by atoms with van der Waals surface area (Å²) in [7, 11) is 0. The first-order valence-corrected chi connectivity index (χ1v) is 5.95. The smallest absolute Gasteiger partial charge is 0.307 e. The summed E-state index contributed by atoms with van der Waals surface area (Å²) >= 11 is 0. The molecule has 0 spiro atoms. The summed E-state index contributed by atoms with van der Waals surface area (Å²) in [5.74, 6) is -0.794. The molecular formula is C16H16O2. The van der Waals surface area contributed by atoms with Crippen LogP contribution >= 0.6 is 0 Å². The first-order valence-electron chi connectivity index (χ1n) is 5.95. The van der Waals surface area contributed by atoms with Gasteiger partial charge in [-0.1, -0.05) is 48.0 Å². The standard InChI is InChI=1S/C16H16O2/c1-11-6-8-13(9-7-11)14-5-3-4-12(2)15(14)10-16(17)18/h3-9H,10H2,1-2H3,(H,17,18). The van der Waals surface area contributed by atoms with E-state index in [4.69, 9.17) is 5.11 Å². The highest BCUT2D eigenvalue weighted by atomic mass is 16.4. The van der Waals surface area contributed by atoms with E-state index >= 15 is 0 Å². The summed E-state index contributed by atoms with van der Waals surface area (Å²) in [6, 6.07) is 14.1. The molecule has 0 aromatic heterocycles. The summed E-state index contributed by atoms with van der Waals surface area (Å²) in [5.41, 5.74) is 5.20. The molecule has 0 saturated heterocycles. The molecule has 2 aromatic rings. The van der Waals surface area contributed by atoms with Gasteiger partial charge in [-0.15, -0.1) is 0 Å². The quantitative estimate of drug-likeness (QED) is 0.890. The molecule has 0 atom stereocenters. The zero-order chi connectivity index (χ0) is 13.1. The van der Waals surface area contributed by atoms with Crippen LogP contribution in [0.2, 0.25) is 0 Å². The molecule has 0 aliphatic carbocycles. The lowest BCUT2D eigenvalue weighted by Gasteiger charge is -2.11. The Labute approximate surface area is 107 Å². The maximum atomic E-state index is 11.0. The Balaban J connectivity index is 2.53. The summed E-state index contributed by atoms with van der Waals surface area (Å²) < 4.78 is 0. The van der Waals surface area contributed by atoms with Crippen molar-refractivity contribution in [3.8, 4) is 11.1 Å². The molecule has 0 radical (unpaired) electrons. The van der Waals surface area contributed by atoms with Crippen LogP contribution in [-0.4, -0.2) is 11.1 Å². The van der Waals surface area contributed by atoms with Gasteiger partial charge in [0.1, 0.15) is 0 Å². The second-order valence-electron chi connectivity index (χ2n) is 4.54. The molecule has 18 heavy (non-hydrogen) atoms. The van der Waals surface area contributed by atoms with Crippen LogP contribution in [0.25, 0.3) is 11.1 Å². The van der Waals surface area contributed by atoms with Gasteiger partial charge in [0.25, 0.3) is 0 Å². The van der Waals surface area contributed by atoms with Crippen LogP contribution < -0.4 is 0 Å². The molecule has 1 N–H and O–H groups in total. The van der Waals surface area contributed by atoms with Crippen molar-refractivity contribution >= 4 is 5.97 Å². The van der Waals surface area contributed by atoms with Gasteiger partial charge in [-0.05, 0) is 36.1 Å². The third-order valence-corrected chi connectivity index (χ3v) is 3.10. The Morgan fingerprint density at radius 3 is 2.33 bits per heavy atom. The molecule has 0 unspecified atom stereocenters. The van der Waals surface area contributed by atoms with Crippen molar-refractivity contribution in [3.05, 3.63) is 59.2 Å². The number of carbonyl (C=O) groups is 1. The van der Waals surface area contributed by atoms with Gasteiger partial charge < -0.3 is 5.11 Å². The van der Waals surface area contributed by atoms with Gasteiger partial charge in [0.2, 0.25) is 0 Å². The number of hydrogen-bond donors (Lipinski definition) is 1. The lowest BCUT2D eigenvalue weighted by molar-refractivity contribution is -0.136. The molecule has 0 amide bonds. The Bertz CT molecular complexity index is 568. The number of hydrogen-bond acceptors (Lipinski definition) is 1. The molecule has 0 aliphatic rings. The van der Waals surface area contributed by atoms with Crippen molar-refractivity contribution in [2.24, 2.45) is 0 Å². The minimum atomic E-state index is -0.794. The van der Waals surface area contributed by atoms with E-state index in [9.17, 15) is 4.79 Å². The molecule has 0 saturated carbocycles. The van der Waals surface area contributed by atoms with Crippen molar-refractivity contribution < 1.29 is 9.90 Å². The van der Waals surface area contributed by atoms with Gasteiger partial charge in [-0.2, -0.15) is 0 Å². The number of rotatable bonds is 3. The van der Waals surface area contributed by atoms with Crippen LogP contribution in [0, 0.1) is 13.8 Å². The van der Waals surface area contributed by atoms with E-state index in [1.165, 1.54) is 5.56 Å². The minimum absolute atomic E-state index is 0.0654. The first-order chi connectivity index (χ1) is 8.58. The molecule has 2 rings (SSSR count). The van der Waals surface area contributed by atoms with Gasteiger partial charge in [0.05, 0.1) is 6.42 Å². The third kappa shape index (κ3) is 2.59. The van der Waals surface area contributed by atoms with Crippen LogP contribution in [0.1, 0.15) is 16.7 Å². The van der Waals surface area contributed by atoms with E-state index in [-0.39, 0.29) is 6.42 Å². The number of aliphatic carboxylic acids is 1. The van der Waals surface area contributed by atoms with Crippen molar-refractivity contribution in [2.45, 2.75) is 20.3 Å². The minimum Gasteiger partial charge on any atom is -0.481 e. The highest BCUT2D eigenvalue weighted by molar-refractivity contribution is 5.77. The topological polar surface area (TPSA) is 37.3 Å². The number of aryl methyl sites for hydroxylation is 2.